The van der Waals surface area contributed by atoms with E-state index in [4.69, 9.17) is 57.7 Å². The Balaban J connectivity index is -0.000000831. The van der Waals surface area contributed by atoms with Crippen molar-refractivity contribution in [3.05, 3.63) is 181 Å². The predicted molar refractivity (Wildman–Crippen MR) is 215 cm³/mol. The van der Waals surface area contributed by atoms with E-state index >= 15 is 0 Å². The summed E-state index contributed by atoms with van der Waals surface area (Å²) in [5, 5.41) is 7.00. The van der Waals surface area contributed by atoms with Crippen LogP contribution in [0.5, 0.6) is 0 Å². The molecule has 6 heterocycles. The molecular formula is C37H42Fe2N8O14S3+2. The molecule has 22 nitrogen and oxygen atoms in total. The second-order valence-electron chi connectivity index (χ2n) is 11.5. The second-order valence-corrected chi connectivity index (χ2v) is 14.0. The van der Waals surface area contributed by atoms with E-state index in [0.717, 1.165) is 80.5 Å². The van der Waals surface area contributed by atoms with Gasteiger partial charge in [-0.2, -0.15) is 0 Å². The molecule has 6 rings (SSSR count). The van der Waals surface area contributed by atoms with Crippen molar-refractivity contribution in [2.45, 2.75) is 39.3 Å². The van der Waals surface area contributed by atoms with Crippen LogP contribution in [-0.4, -0.2) is 104 Å². The van der Waals surface area contributed by atoms with Gasteiger partial charge in [-0.3, -0.25) is 57.2 Å². The minimum Gasteiger partial charge on any atom is -2.00 e. The number of nitrogens with zero attached hydrogens (tertiary/aromatic N) is 8. The Morgan fingerprint density at radius 1 is 0.391 bits per heavy atom. The fourth-order valence-electron chi connectivity index (χ4n) is 4.66. The smallest absolute Gasteiger partial charge is 2.00 e. The van der Waals surface area contributed by atoms with Gasteiger partial charge in [-0.25, -0.2) is 16.8 Å². The van der Waals surface area contributed by atoms with Gasteiger partial charge < -0.3 is 28.8 Å². The van der Waals surface area contributed by atoms with Crippen molar-refractivity contribution >= 4 is 31.2 Å². The Labute approximate surface area is 393 Å². The summed E-state index contributed by atoms with van der Waals surface area (Å²) in [6, 6.07) is 36.0. The molecule has 0 fully saturated rings. The van der Waals surface area contributed by atoms with E-state index in [0.29, 0.717) is 0 Å². The van der Waals surface area contributed by atoms with E-state index in [-0.39, 0.29) is 39.6 Å². The van der Waals surface area contributed by atoms with Crippen molar-refractivity contribution in [2.24, 2.45) is 0 Å². The average Bonchev–Trinajstić information content (AvgIpc) is 3.19. The number of aliphatic hydroxyl groups excluding tert-OH is 1. The normalized spacial score (nSPS) is 10.2. The van der Waals surface area contributed by atoms with Crippen LogP contribution in [0.25, 0.3) is 0 Å². The third kappa shape index (κ3) is 40.2. The molecule has 64 heavy (non-hydrogen) atoms. The second kappa shape index (κ2) is 35.7. The molecule has 0 bridgehead atoms. The minimum atomic E-state index is -5.17. The zero-order valence-corrected chi connectivity index (χ0v) is 38.1. The van der Waals surface area contributed by atoms with Crippen LogP contribution in [0.2, 0.25) is 0 Å². The molecule has 0 aliphatic carbocycles. The number of aliphatic hydroxyl groups is 1. The Morgan fingerprint density at radius 3 is 0.609 bits per heavy atom. The summed E-state index contributed by atoms with van der Waals surface area (Å²) in [7, 11) is -14.0. The molecule has 0 atom stereocenters. The van der Waals surface area contributed by atoms with Crippen molar-refractivity contribution in [3.63, 3.8) is 0 Å². The van der Waals surface area contributed by atoms with Crippen molar-refractivity contribution in [3.8, 4) is 0 Å². The Hall–Kier alpha value is -4.61. The standard InChI is InChI=1S/2C18H18N4.CH4O.2Fe.3H2O4S.O/c2*1-4-10-19-16(7-1)13-22(14-17-8-2-5-11-20-17)15-18-9-3-6-12-21-18;1-2;;;3*1-5(2,3)4;/h2*1-12H,13-15H2;2H,1H3;;;3*(H2,1,2,3,4);/q;;;2*+4;;;;-2/p-4. The van der Waals surface area contributed by atoms with Gasteiger partial charge in [-0.1, -0.05) is 36.4 Å². The predicted octanol–water partition coefficient (Wildman–Crippen LogP) is 2.30. The molecule has 6 aromatic heterocycles. The fourth-order valence-corrected chi connectivity index (χ4v) is 4.66. The largest absolute Gasteiger partial charge is 4.00 e. The summed E-state index contributed by atoms with van der Waals surface area (Å²) in [6.45, 7) is 4.63. The van der Waals surface area contributed by atoms with Gasteiger partial charge in [0.05, 0.1) is 34.2 Å². The quantitative estimate of drug-likeness (QED) is 0.0899. The molecule has 346 valence electrons. The maximum Gasteiger partial charge on any atom is 4.00 e. The van der Waals surface area contributed by atoms with E-state index in [1.165, 1.54) is 0 Å². The van der Waals surface area contributed by atoms with E-state index in [1.807, 2.05) is 146 Å². The number of pyridine rings is 6. The summed E-state index contributed by atoms with van der Waals surface area (Å²) in [4.78, 5) is 31.1. The van der Waals surface area contributed by atoms with Crippen LogP contribution < -0.4 is 0 Å². The molecule has 0 saturated heterocycles. The van der Waals surface area contributed by atoms with Gasteiger partial charge in [0.25, 0.3) is 0 Å². The minimum absolute atomic E-state index is 0. The van der Waals surface area contributed by atoms with Gasteiger partial charge >= 0.3 is 34.1 Å². The van der Waals surface area contributed by atoms with Gasteiger partial charge in [0, 0.05) is 94.0 Å². The topological polar surface area (TPSA) is 368 Å². The first-order valence-corrected chi connectivity index (χ1v) is 21.2. The summed E-state index contributed by atoms with van der Waals surface area (Å²) in [6.07, 6.45) is 11.0. The maximum atomic E-state index is 8.63. The van der Waals surface area contributed by atoms with Crippen LogP contribution >= 0.6 is 0 Å². The van der Waals surface area contributed by atoms with Gasteiger partial charge in [-0.15, -0.1) is 0 Å². The first-order valence-electron chi connectivity index (χ1n) is 17.1. The molecule has 0 aromatic carbocycles. The van der Waals surface area contributed by atoms with E-state index in [1.54, 1.807) is 0 Å². The molecule has 0 aliphatic heterocycles. The van der Waals surface area contributed by atoms with Crippen molar-refractivity contribution in [2.75, 3.05) is 7.11 Å². The van der Waals surface area contributed by atoms with Crippen LogP contribution in [0.4, 0.5) is 0 Å². The molecule has 0 amide bonds. The average molecular weight is 1030 g/mol. The van der Waals surface area contributed by atoms with Gasteiger partial charge in [0.1, 0.15) is 0 Å². The molecule has 0 unspecified atom stereocenters. The summed E-state index contributed by atoms with van der Waals surface area (Å²) < 4.78 is 99.7. The summed E-state index contributed by atoms with van der Waals surface area (Å²) in [5.74, 6) is 0. The fraction of sp³-hybridized carbons (Fsp3) is 0.189. The Bertz CT molecular complexity index is 1950. The van der Waals surface area contributed by atoms with Gasteiger partial charge in [0.15, 0.2) is 0 Å². The third-order valence-electron chi connectivity index (χ3n) is 6.67. The van der Waals surface area contributed by atoms with E-state index in [9.17, 15) is 0 Å². The Kier molecular flexibility index (Phi) is 35.5. The summed E-state index contributed by atoms with van der Waals surface area (Å²) in [5.41, 5.74) is 6.30. The third-order valence-corrected chi connectivity index (χ3v) is 6.67. The van der Waals surface area contributed by atoms with Crippen molar-refractivity contribution in [1.82, 2.24) is 39.7 Å². The maximum absolute atomic E-state index is 8.63. The van der Waals surface area contributed by atoms with Crippen LogP contribution in [0.3, 0.4) is 0 Å². The number of aromatic nitrogens is 6. The SMILES string of the molecule is CO.O=S(=O)([O-])O.O=S(=O)([O-])O.O=S(=O)([O-])[O-].[Fe+4].[Fe+4].[O-2].c1ccc(CN(Cc2ccccn2)Cc2ccccn2)nc1.c1ccc(CN(Cc2ccccn2)Cc2ccccn2)nc1. The molecule has 3 N–H and O–H groups in total. The van der Waals surface area contributed by atoms with Crippen LogP contribution in [0.1, 0.15) is 34.2 Å². The number of hydrogen-bond donors (Lipinski definition) is 3. The molecule has 0 radical (unpaired) electrons. The van der Waals surface area contributed by atoms with Gasteiger partial charge in [-0.05, 0) is 72.8 Å². The monoisotopic (exact) mass is 1030 g/mol. The van der Waals surface area contributed by atoms with Gasteiger partial charge in [0.2, 0.25) is 20.8 Å². The van der Waals surface area contributed by atoms with Crippen LogP contribution in [0, 0.1) is 0 Å². The van der Waals surface area contributed by atoms with Crippen molar-refractivity contribution < 1.29 is 97.3 Å². The summed E-state index contributed by atoms with van der Waals surface area (Å²) >= 11 is 0. The molecule has 6 aromatic rings. The zero-order valence-electron chi connectivity index (χ0n) is 33.4. The molecule has 27 heteroatoms. The van der Waals surface area contributed by atoms with Crippen molar-refractivity contribution in [1.29, 1.82) is 0 Å². The number of rotatable bonds is 12. The van der Waals surface area contributed by atoms with Crippen LogP contribution in [-0.2, 0) is 110 Å². The molecule has 0 saturated carbocycles. The molecule has 0 aliphatic rings. The Morgan fingerprint density at radius 2 is 0.516 bits per heavy atom. The molecule has 0 spiro atoms. The first-order chi connectivity index (χ1) is 28.8. The van der Waals surface area contributed by atoms with E-state index in [2.05, 4.69) is 39.7 Å². The van der Waals surface area contributed by atoms with E-state index < -0.39 is 31.2 Å². The first kappa shape index (κ1) is 63.7. The van der Waals surface area contributed by atoms with Crippen LogP contribution in [0.15, 0.2) is 146 Å². The zero-order chi connectivity index (χ0) is 45.6. The number of hydrogen-bond acceptors (Lipinski definition) is 19. The molecular weight excluding hydrogens is 988 g/mol.